The van der Waals surface area contributed by atoms with E-state index in [0.717, 1.165) is 11.9 Å². The van der Waals surface area contributed by atoms with Gasteiger partial charge in [-0.1, -0.05) is 82.1 Å². The Balaban J connectivity index is 2.69. The van der Waals surface area contributed by atoms with E-state index in [9.17, 15) is 0 Å². The van der Waals surface area contributed by atoms with Crippen molar-refractivity contribution in [3.05, 3.63) is 53.1 Å². The van der Waals surface area contributed by atoms with Crippen LogP contribution in [0.2, 0.25) is 0 Å². The number of allylic oxidation sites excluding steroid dienone is 1. The van der Waals surface area contributed by atoms with Crippen LogP contribution in [0.4, 0.5) is 0 Å². The number of fused-ring (bicyclic) bond motifs is 1. The van der Waals surface area contributed by atoms with Gasteiger partial charge in [-0.2, -0.15) is 0 Å². The first-order valence-electron chi connectivity index (χ1n) is 8.28. The minimum atomic E-state index is 0.0980. The number of hydrogen-bond donors (Lipinski definition) is 0. The molecule has 0 fully saturated rings. The van der Waals surface area contributed by atoms with Gasteiger partial charge in [-0.15, -0.1) is 0 Å². The Morgan fingerprint density at radius 1 is 1.09 bits per heavy atom. The van der Waals surface area contributed by atoms with Crippen LogP contribution in [-0.4, -0.2) is 7.85 Å². The molecular weight excluding hydrogens is 263 g/mol. The molecule has 1 heteroatoms. The Morgan fingerprint density at radius 3 is 2.32 bits per heavy atom. The second kappa shape index (κ2) is 6.32. The highest BCUT2D eigenvalue weighted by atomic mass is 14.3. The fraction of sp³-hybridized carbons (Fsp3) is 0.429. The first-order chi connectivity index (χ1) is 10.3. The molecule has 0 amide bonds. The summed E-state index contributed by atoms with van der Waals surface area (Å²) in [5.41, 5.74) is 4.89. The third-order valence-corrected chi connectivity index (χ3v) is 5.50. The number of rotatable bonds is 4. The summed E-state index contributed by atoms with van der Waals surface area (Å²) in [4.78, 5) is 0. The summed E-state index contributed by atoms with van der Waals surface area (Å²) in [6.45, 7) is 13.5. The fourth-order valence-corrected chi connectivity index (χ4v) is 2.95. The van der Waals surface area contributed by atoms with E-state index in [4.69, 9.17) is 7.85 Å². The molecule has 0 aliphatic rings. The topological polar surface area (TPSA) is 0 Å². The van der Waals surface area contributed by atoms with Gasteiger partial charge in [0.2, 0.25) is 0 Å². The summed E-state index contributed by atoms with van der Waals surface area (Å²) in [7, 11) is 6.61. The van der Waals surface area contributed by atoms with Crippen molar-refractivity contribution in [1.29, 1.82) is 0 Å². The van der Waals surface area contributed by atoms with Crippen molar-refractivity contribution in [3.63, 3.8) is 0 Å². The van der Waals surface area contributed by atoms with Crippen LogP contribution in [-0.2, 0) is 6.42 Å². The van der Waals surface area contributed by atoms with Gasteiger partial charge in [-0.05, 0) is 46.6 Å². The van der Waals surface area contributed by atoms with Crippen molar-refractivity contribution in [2.24, 2.45) is 11.3 Å². The fourth-order valence-electron chi connectivity index (χ4n) is 2.95. The van der Waals surface area contributed by atoms with Gasteiger partial charge in [0.15, 0.2) is 0 Å². The Morgan fingerprint density at radius 2 is 1.73 bits per heavy atom. The third-order valence-electron chi connectivity index (χ3n) is 5.50. The average molecular weight is 290 g/mol. The van der Waals surface area contributed by atoms with Crippen molar-refractivity contribution < 1.29 is 0 Å². The maximum absolute atomic E-state index is 6.61. The molecule has 0 heterocycles. The molecular formula is C21H27B. The zero-order valence-electron chi connectivity index (χ0n) is 14.8. The molecule has 114 valence electrons. The van der Waals surface area contributed by atoms with E-state index in [0.29, 0.717) is 5.92 Å². The summed E-state index contributed by atoms with van der Waals surface area (Å²) in [5, 5.41) is 2.61. The summed E-state index contributed by atoms with van der Waals surface area (Å²) in [6, 6.07) is 12.9. The van der Waals surface area contributed by atoms with Gasteiger partial charge in [0.05, 0.1) is 0 Å². The minimum Gasteiger partial charge on any atom is -0.0898 e. The van der Waals surface area contributed by atoms with Crippen LogP contribution in [0.5, 0.6) is 0 Å². The van der Waals surface area contributed by atoms with Crippen LogP contribution in [0.3, 0.4) is 0 Å². The molecule has 0 aliphatic carbocycles. The first kappa shape index (κ1) is 16.9. The molecule has 0 N–H and O–H groups in total. The lowest BCUT2D eigenvalue weighted by Crippen LogP contribution is -2.22. The smallest absolute Gasteiger partial charge is 0.0898 e. The molecule has 2 aromatic carbocycles. The van der Waals surface area contributed by atoms with Crippen LogP contribution < -0.4 is 0 Å². The van der Waals surface area contributed by atoms with E-state index in [1.54, 1.807) is 0 Å². The van der Waals surface area contributed by atoms with E-state index in [2.05, 4.69) is 77.9 Å². The zero-order chi connectivity index (χ0) is 16.5. The lowest BCUT2D eigenvalue weighted by atomic mass is 9.68. The Kier molecular flexibility index (Phi) is 4.85. The molecule has 0 atom stereocenters. The predicted octanol–water partition coefficient (Wildman–Crippen LogP) is 5.98. The molecule has 2 aromatic rings. The Labute approximate surface area is 137 Å². The standard InChI is InChI=1S/C21H27B/c1-7-17-18-11-9-8-10-16(18)12-13-19(17)20(22)15(4)21(5,6)14(2)3/h8-14H,7H2,1-6H3/b20-15-. The summed E-state index contributed by atoms with van der Waals surface area (Å²) >= 11 is 0. The third kappa shape index (κ3) is 2.86. The zero-order valence-corrected chi connectivity index (χ0v) is 14.8. The highest BCUT2D eigenvalue weighted by Crippen LogP contribution is 2.39. The van der Waals surface area contributed by atoms with Crippen molar-refractivity contribution >= 4 is 24.1 Å². The maximum atomic E-state index is 6.61. The monoisotopic (exact) mass is 290 g/mol. The van der Waals surface area contributed by atoms with Crippen LogP contribution >= 0.6 is 0 Å². The molecule has 2 radical (unpaired) electrons. The average Bonchev–Trinajstić information content (AvgIpc) is 2.51. The number of aryl methyl sites for hydroxylation is 1. The van der Waals surface area contributed by atoms with Gasteiger partial charge in [0.1, 0.15) is 7.85 Å². The Bertz CT molecular complexity index is 705. The minimum absolute atomic E-state index is 0.0980. The van der Waals surface area contributed by atoms with E-state index in [1.807, 2.05) is 0 Å². The molecule has 0 saturated heterocycles. The van der Waals surface area contributed by atoms with Crippen LogP contribution in [0, 0.1) is 11.3 Å². The molecule has 0 bridgehead atoms. The van der Waals surface area contributed by atoms with Gasteiger partial charge in [0, 0.05) is 0 Å². The van der Waals surface area contributed by atoms with Crippen LogP contribution in [0.15, 0.2) is 42.0 Å². The molecule has 0 spiro atoms. The molecule has 0 unspecified atom stereocenters. The highest BCUT2D eigenvalue weighted by Gasteiger charge is 2.26. The first-order valence-corrected chi connectivity index (χ1v) is 8.28. The second-order valence-electron chi connectivity index (χ2n) is 7.08. The predicted molar refractivity (Wildman–Crippen MR) is 100 cm³/mol. The lowest BCUT2D eigenvalue weighted by Gasteiger charge is -2.33. The van der Waals surface area contributed by atoms with E-state index in [-0.39, 0.29) is 5.41 Å². The van der Waals surface area contributed by atoms with Crippen molar-refractivity contribution in [1.82, 2.24) is 0 Å². The second-order valence-corrected chi connectivity index (χ2v) is 7.08. The number of benzene rings is 2. The quantitative estimate of drug-likeness (QED) is 0.607. The van der Waals surface area contributed by atoms with Crippen molar-refractivity contribution in [3.8, 4) is 0 Å². The van der Waals surface area contributed by atoms with Crippen molar-refractivity contribution in [2.45, 2.75) is 48.0 Å². The van der Waals surface area contributed by atoms with Gasteiger partial charge in [-0.3, -0.25) is 0 Å². The molecule has 2 rings (SSSR count). The number of hydrogen-bond acceptors (Lipinski definition) is 0. The molecule has 0 aromatic heterocycles. The van der Waals surface area contributed by atoms with E-state index >= 15 is 0 Å². The summed E-state index contributed by atoms with van der Waals surface area (Å²) in [6.07, 6.45) is 0.993. The van der Waals surface area contributed by atoms with Crippen molar-refractivity contribution in [2.75, 3.05) is 0 Å². The summed E-state index contributed by atoms with van der Waals surface area (Å²) in [5.74, 6) is 0.552. The SMILES string of the molecule is [B]/C(=C(/C)C(C)(C)C(C)C)c1ccc2ccccc2c1CC. The van der Waals surface area contributed by atoms with Gasteiger partial charge in [-0.25, -0.2) is 0 Å². The van der Waals surface area contributed by atoms with Gasteiger partial charge < -0.3 is 0 Å². The highest BCUT2D eigenvalue weighted by molar-refractivity contribution is 6.43. The van der Waals surface area contributed by atoms with Crippen LogP contribution in [0.1, 0.15) is 52.7 Å². The lowest BCUT2D eigenvalue weighted by molar-refractivity contribution is 0.312. The van der Waals surface area contributed by atoms with E-state index in [1.165, 1.54) is 27.5 Å². The molecule has 0 nitrogen and oxygen atoms in total. The summed E-state index contributed by atoms with van der Waals surface area (Å²) < 4.78 is 0. The molecule has 0 aliphatic heterocycles. The van der Waals surface area contributed by atoms with Gasteiger partial charge in [0.25, 0.3) is 0 Å². The molecule has 22 heavy (non-hydrogen) atoms. The molecule has 0 saturated carbocycles. The van der Waals surface area contributed by atoms with E-state index < -0.39 is 0 Å². The Hall–Kier alpha value is -1.50. The van der Waals surface area contributed by atoms with Crippen LogP contribution in [0.25, 0.3) is 16.2 Å². The van der Waals surface area contributed by atoms with Gasteiger partial charge >= 0.3 is 0 Å². The maximum Gasteiger partial charge on any atom is 0.114 e. The normalized spacial score (nSPS) is 13.6. The largest absolute Gasteiger partial charge is 0.114 e.